The van der Waals surface area contributed by atoms with E-state index in [0.29, 0.717) is 12.1 Å². The van der Waals surface area contributed by atoms with Crippen molar-refractivity contribution in [1.29, 1.82) is 0 Å². The van der Waals surface area contributed by atoms with Gasteiger partial charge in [0.2, 0.25) is 0 Å². The van der Waals surface area contributed by atoms with Crippen LogP contribution in [0, 0.1) is 0 Å². The van der Waals surface area contributed by atoms with Crippen molar-refractivity contribution in [3.8, 4) is 5.75 Å². The summed E-state index contributed by atoms with van der Waals surface area (Å²) in [7, 11) is 3.56. The first-order valence-corrected chi connectivity index (χ1v) is 9.68. The number of anilines is 1. The topological polar surface area (TPSA) is 52.1 Å². The van der Waals surface area contributed by atoms with E-state index in [9.17, 15) is 0 Å². The molecule has 0 aliphatic carbocycles. The number of guanidine groups is 1. The second kappa shape index (κ2) is 12.3. The molecule has 6 nitrogen and oxygen atoms in total. The Bertz CT molecular complexity index is 581. The molecule has 1 aromatic carbocycles. The molecule has 0 bridgehead atoms. The monoisotopic (exact) mass is 489 g/mol. The Labute approximate surface area is 181 Å². The van der Waals surface area contributed by atoms with E-state index < -0.39 is 0 Å². The van der Waals surface area contributed by atoms with E-state index in [-0.39, 0.29) is 24.0 Å². The molecule has 7 heteroatoms. The zero-order valence-electron chi connectivity index (χ0n) is 17.4. The first kappa shape index (κ1) is 23.8. The molecule has 27 heavy (non-hydrogen) atoms. The highest BCUT2D eigenvalue weighted by molar-refractivity contribution is 14.0. The summed E-state index contributed by atoms with van der Waals surface area (Å²) >= 11 is 0. The van der Waals surface area contributed by atoms with Crippen LogP contribution < -0.4 is 20.3 Å². The maximum atomic E-state index is 5.50. The number of aliphatic imine (C=N–C) groups is 1. The average Bonchev–Trinajstić information content (AvgIpc) is 3.12. The van der Waals surface area contributed by atoms with E-state index in [1.807, 2.05) is 19.2 Å². The van der Waals surface area contributed by atoms with E-state index in [0.717, 1.165) is 56.5 Å². The lowest BCUT2D eigenvalue weighted by Gasteiger charge is -2.25. The second-order valence-electron chi connectivity index (χ2n) is 6.97. The van der Waals surface area contributed by atoms with E-state index in [1.54, 1.807) is 7.11 Å². The van der Waals surface area contributed by atoms with Crippen LogP contribution in [-0.4, -0.2) is 69.8 Å². The van der Waals surface area contributed by atoms with Crippen LogP contribution >= 0.6 is 24.0 Å². The number of hydrogen-bond donors (Lipinski definition) is 2. The Morgan fingerprint density at radius 3 is 2.74 bits per heavy atom. The smallest absolute Gasteiger partial charge is 0.191 e. The van der Waals surface area contributed by atoms with Gasteiger partial charge in [-0.3, -0.25) is 9.89 Å². The van der Waals surface area contributed by atoms with Crippen LogP contribution in [0.2, 0.25) is 0 Å². The summed E-state index contributed by atoms with van der Waals surface area (Å²) in [5.74, 6) is 1.82. The van der Waals surface area contributed by atoms with Crippen molar-refractivity contribution in [2.75, 3.05) is 51.8 Å². The van der Waals surface area contributed by atoms with E-state index >= 15 is 0 Å². The standard InChI is InChI=1S/C20H35N5O.HI/c1-6-24(16(2)3)14-12-22-20(21-4)23-17-11-13-25(15-17)18-9-7-8-10-19(18)26-5;/h7-10,16-17H,6,11-15H2,1-5H3,(H2,21,22,23);1H. The van der Waals surface area contributed by atoms with Crippen molar-refractivity contribution in [2.45, 2.75) is 39.3 Å². The Morgan fingerprint density at radius 2 is 2.11 bits per heavy atom. The molecule has 1 unspecified atom stereocenters. The summed E-state index contributed by atoms with van der Waals surface area (Å²) in [5.41, 5.74) is 1.16. The minimum absolute atomic E-state index is 0. The fraction of sp³-hybridized carbons (Fsp3) is 0.650. The molecule has 154 valence electrons. The molecule has 0 spiro atoms. The third-order valence-electron chi connectivity index (χ3n) is 5.01. The average molecular weight is 489 g/mol. The molecule has 1 aromatic rings. The van der Waals surface area contributed by atoms with Crippen molar-refractivity contribution in [3.05, 3.63) is 24.3 Å². The van der Waals surface area contributed by atoms with E-state index in [4.69, 9.17) is 4.74 Å². The molecule has 1 aliphatic heterocycles. The van der Waals surface area contributed by atoms with Gasteiger partial charge in [-0.15, -0.1) is 24.0 Å². The summed E-state index contributed by atoms with van der Waals surface area (Å²) in [4.78, 5) is 9.20. The fourth-order valence-corrected chi connectivity index (χ4v) is 3.48. The van der Waals surface area contributed by atoms with Gasteiger partial charge in [0.1, 0.15) is 5.75 Å². The minimum Gasteiger partial charge on any atom is -0.495 e. The Kier molecular flexibility index (Phi) is 10.8. The minimum atomic E-state index is 0. The third kappa shape index (κ3) is 7.03. The fourth-order valence-electron chi connectivity index (χ4n) is 3.48. The van der Waals surface area contributed by atoms with Gasteiger partial charge in [0, 0.05) is 45.3 Å². The number of para-hydroxylation sites is 2. The van der Waals surface area contributed by atoms with Gasteiger partial charge in [-0.1, -0.05) is 19.1 Å². The number of benzene rings is 1. The van der Waals surface area contributed by atoms with Gasteiger partial charge in [-0.2, -0.15) is 0 Å². The number of hydrogen-bond acceptors (Lipinski definition) is 4. The SMILES string of the molecule is CCN(CCNC(=NC)NC1CCN(c2ccccc2OC)C1)C(C)C.I. The van der Waals surface area contributed by atoms with Gasteiger partial charge in [0.25, 0.3) is 0 Å². The lowest BCUT2D eigenvalue weighted by atomic mass is 10.2. The summed E-state index contributed by atoms with van der Waals surface area (Å²) < 4.78 is 5.50. The molecule has 2 rings (SSSR count). The zero-order valence-corrected chi connectivity index (χ0v) is 19.7. The predicted molar refractivity (Wildman–Crippen MR) is 126 cm³/mol. The van der Waals surface area contributed by atoms with Crippen LogP contribution in [0.15, 0.2) is 29.3 Å². The number of nitrogens with one attached hydrogen (secondary N) is 2. The molecule has 2 N–H and O–H groups in total. The van der Waals surface area contributed by atoms with Crippen LogP contribution in [-0.2, 0) is 0 Å². The van der Waals surface area contributed by atoms with Gasteiger partial charge in [-0.05, 0) is 38.9 Å². The van der Waals surface area contributed by atoms with Crippen LogP contribution in [0.5, 0.6) is 5.75 Å². The highest BCUT2D eigenvalue weighted by atomic mass is 127. The van der Waals surface area contributed by atoms with Gasteiger partial charge >= 0.3 is 0 Å². The molecule has 1 saturated heterocycles. The number of nitrogens with zero attached hydrogens (tertiary/aromatic N) is 3. The number of halogens is 1. The van der Waals surface area contributed by atoms with E-state index in [1.165, 1.54) is 0 Å². The van der Waals surface area contributed by atoms with Crippen molar-refractivity contribution in [2.24, 2.45) is 4.99 Å². The summed E-state index contributed by atoms with van der Waals surface area (Å²) in [6, 6.07) is 9.17. The lowest BCUT2D eigenvalue weighted by Crippen LogP contribution is -2.47. The Balaban J connectivity index is 0.00000364. The Morgan fingerprint density at radius 1 is 1.37 bits per heavy atom. The Hall–Kier alpha value is -1.22. The number of likely N-dealkylation sites (N-methyl/N-ethyl adjacent to an activating group) is 1. The molecule has 1 atom stereocenters. The number of methoxy groups -OCH3 is 1. The molecular formula is C20H36IN5O. The lowest BCUT2D eigenvalue weighted by molar-refractivity contribution is 0.237. The van der Waals surface area contributed by atoms with Gasteiger partial charge in [0.05, 0.1) is 12.8 Å². The third-order valence-corrected chi connectivity index (χ3v) is 5.01. The highest BCUT2D eigenvalue weighted by Gasteiger charge is 2.25. The van der Waals surface area contributed by atoms with E-state index in [2.05, 4.69) is 58.3 Å². The molecule has 0 aromatic heterocycles. The van der Waals surface area contributed by atoms with Crippen molar-refractivity contribution >= 4 is 35.6 Å². The first-order chi connectivity index (χ1) is 12.6. The van der Waals surface area contributed by atoms with Crippen molar-refractivity contribution < 1.29 is 4.74 Å². The summed E-state index contributed by atoms with van der Waals surface area (Å²) in [6.07, 6.45) is 1.09. The van der Waals surface area contributed by atoms with Gasteiger partial charge < -0.3 is 20.3 Å². The normalized spacial score (nSPS) is 17.2. The van der Waals surface area contributed by atoms with Crippen LogP contribution in [0.3, 0.4) is 0 Å². The predicted octanol–water partition coefficient (Wildman–Crippen LogP) is 2.79. The molecule has 0 saturated carbocycles. The molecule has 1 fully saturated rings. The largest absolute Gasteiger partial charge is 0.495 e. The number of ether oxygens (including phenoxy) is 1. The van der Waals surface area contributed by atoms with Crippen molar-refractivity contribution in [1.82, 2.24) is 15.5 Å². The van der Waals surface area contributed by atoms with Crippen LogP contribution in [0.4, 0.5) is 5.69 Å². The summed E-state index contributed by atoms with van der Waals surface area (Å²) in [5, 5.41) is 7.01. The van der Waals surface area contributed by atoms with Gasteiger partial charge in [-0.25, -0.2) is 0 Å². The van der Waals surface area contributed by atoms with Crippen molar-refractivity contribution in [3.63, 3.8) is 0 Å². The van der Waals surface area contributed by atoms with Crippen LogP contribution in [0.25, 0.3) is 0 Å². The maximum absolute atomic E-state index is 5.50. The molecule has 1 heterocycles. The first-order valence-electron chi connectivity index (χ1n) is 9.68. The quantitative estimate of drug-likeness (QED) is 0.334. The second-order valence-corrected chi connectivity index (χ2v) is 6.97. The molecule has 0 radical (unpaired) electrons. The highest BCUT2D eigenvalue weighted by Crippen LogP contribution is 2.30. The maximum Gasteiger partial charge on any atom is 0.191 e. The zero-order chi connectivity index (χ0) is 18.9. The number of rotatable bonds is 8. The van der Waals surface area contributed by atoms with Crippen LogP contribution in [0.1, 0.15) is 27.2 Å². The van der Waals surface area contributed by atoms with Gasteiger partial charge in [0.15, 0.2) is 5.96 Å². The summed E-state index contributed by atoms with van der Waals surface area (Å²) in [6.45, 7) is 11.6. The molecule has 1 aliphatic rings. The molecular weight excluding hydrogens is 453 g/mol. The molecule has 0 amide bonds.